The van der Waals surface area contributed by atoms with Crippen molar-refractivity contribution >= 4 is 22.6 Å². The second-order valence-electron chi connectivity index (χ2n) is 9.09. The van der Waals surface area contributed by atoms with Gasteiger partial charge in [-0.15, -0.1) is 0 Å². The van der Waals surface area contributed by atoms with Crippen LogP contribution < -0.4 is 10.1 Å². The van der Waals surface area contributed by atoms with Crippen LogP contribution in [-0.2, 0) is 16.0 Å². The number of nitrogens with one attached hydrogen (secondary N) is 1. The van der Waals surface area contributed by atoms with Crippen LogP contribution in [0.15, 0.2) is 97.9 Å². The van der Waals surface area contributed by atoms with Crippen molar-refractivity contribution in [2.24, 2.45) is 0 Å². The summed E-state index contributed by atoms with van der Waals surface area (Å²) >= 11 is 0. The summed E-state index contributed by atoms with van der Waals surface area (Å²) in [6.45, 7) is 12.9. The maximum atomic E-state index is 12.6. The van der Waals surface area contributed by atoms with Crippen LogP contribution in [0.25, 0.3) is 10.8 Å². The Labute approximate surface area is 226 Å². The summed E-state index contributed by atoms with van der Waals surface area (Å²) in [6.07, 6.45) is 16.3. The Morgan fingerprint density at radius 3 is 2.58 bits per heavy atom. The number of hydrogen-bond acceptors (Lipinski definition) is 4. The molecule has 1 atom stereocenters. The van der Waals surface area contributed by atoms with E-state index in [1.54, 1.807) is 12.3 Å². The lowest BCUT2D eigenvalue weighted by molar-refractivity contribution is -0.141. The monoisotopic (exact) mass is 516 g/mol. The van der Waals surface area contributed by atoms with Crippen LogP contribution in [0, 0.1) is 0 Å². The predicted octanol–water partition coefficient (Wildman–Crippen LogP) is 6.56. The number of carboxylic acids is 1. The molecule has 0 spiro atoms. The maximum absolute atomic E-state index is 12.6. The van der Waals surface area contributed by atoms with Crippen molar-refractivity contribution in [3.8, 4) is 5.75 Å². The van der Waals surface area contributed by atoms with E-state index in [2.05, 4.69) is 18.5 Å². The zero-order chi connectivity index (χ0) is 27.8. The molecule has 6 nitrogen and oxygen atoms in total. The number of allylic oxidation sites excluding steroid dienone is 5. The first-order valence-corrected chi connectivity index (χ1v) is 13.0. The quantitative estimate of drug-likeness (QED) is 0.184. The van der Waals surface area contributed by atoms with Crippen LogP contribution in [-0.4, -0.2) is 41.1 Å². The Morgan fingerprint density at radius 2 is 1.87 bits per heavy atom. The van der Waals surface area contributed by atoms with Gasteiger partial charge in [-0.2, -0.15) is 0 Å². The summed E-state index contributed by atoms with van der Waals surface area (Å²) in [5.41, 5.74) is 1.72. The standard InChI is InChI=1S/C32H40N2O4/c1-5-8-10-13-25(4)21-30(32(36)37)33-31(35)23-26-14-15-28-24-29(17-16-27(28)22-26)38-20-12-11-19-34(7-3)18-9-6-2/h6-10,13-18,22,24,30H,2-3,5,11-12,19-21,23H2,1,4H3,(H,33,35)(H,36,37)/b10-8-,18-9-,25-13+. The normalized spacial score (nSPS) is 12.5. The largest absolute Gasteiger partial charge is 0.494 e. The number of nitrogens with zero attached hydrogens (tertiary/aromatic N) is 1. The van der Waals surface area contributed by atoms with Gasteiger partial charge in [-0.1, -0.05) is 74.2 Å². The molecular weight excluding hydrogens is 476 g/mol. The molecule has 202 valence electrons. The van der Waals surface area contributed by atoms with Gasteiger partial charge >= 0.3 is 5.97 Å². The smallest absolute Gasteiger partial charge is 0.326 e. The zero-order valence-corrected chi connectivity index (χ0v) is 22.6. The van der Waals surface area contributed by atoms with Crippen molar-refractivity contribution in [3.05, 3.63) is 103 Å². The minimum Gasteiger partial charge on any atom is -0.494 e. The molecule has 1 amide bonds. The highest BCUT2D eigenvalue weighted by atomic mass is 16.5. The molecule has 2 rings (SSSR count). The van der Waals surface area contributed by atoms with Crippen molar-refractivity contribution < 1.29 is 19.4 Å². The fourth-order valence-corrected chi connectivity index (χ4v) is 3.85. The highest BCUT2D eigenvalue weighted by Crippen LogP contribution is 2.23. The molecule has 2 aromatic carbocycles. The molecule has 6 heteroatoms. The number of aliphatic carboxylic acids is 1. The molecule has 0 fully saturated rings. The Hall–Kier alpha value is -4.06. The molecule has 0 aliphatic heterocycles. The van der Waals surface area contributed by atoms with E-state index in [1.807, 2.05) is 85.6 Å². The number of carbonyl (C=O) groups is 2. The van der Waals surface area contributed by atoms with E-state index < -0.39 is 12.0 Å². The Kier molecular flexibility index (Phi) is 13.2. The van der Waals surface area contributed by atoms with E-state index in [1.165, 1.54) is 0 Å². The van der Waals surface area contributed by atoms with E-state index in [0.717, 1.165) is 53.5 Å². The second kappa shape index (κ2) is 16.6. The Bertz CT molecular complexity index is 1180. The summed E-state index contributed by atoms with van der Waals surface area (Å²) < 4.78 is 5.93. The molecule has 1 unspecified atom stereocenters. The van der Waals surface area contributed by atoms with E-state index in [0.29, 0.717) is 6.61 Å². The van der Waals surface area contributed by atoms with Gasteiger partial charge in [0.2, 0.25) is 5.91 Å². The molecule has 0 radical (unpaired) electrons. The summed E-state index contributed by atoms with van der Waals surface area (Å²) in [5.74, 6) is -0.556. The van der Waals surface area contributed by atoms with Gasteiger partial charge in [-0.05, 0) is 73.4 Å². The van der Waals surface area contributed by atoms with E-state index in [-0.39, 0.29) is 18.7 Å². The number of rotatable bonds is 17. The van der Waals surface area contributed by atoms with Crippen molar-refractivity contribution in [1.29, 1.82) is 0 Å². The Balaban J connectivity index is 1.89. The maximum Gasteiger partial charge on any atom is 0.326 e. The van der Waals surface area contributed by atoms with Gasteiger partial charge in [0.25, 0.3) is 0 Å². The first kappa shape index (κ1) is 30.2. The molecule has 0 aromatic heterocycles. The van der Waals surface area contributed by atoms with E-state index in [9.17, 15) is 14.7 Å². The van der Waals surface area contributed by atoms with Crippen LogP contribution in [0.2, 0.25) is 0 Å². The molecular formula is C32H40N2O4. The van der Waals surface area contributed by atoms with E-state index in [4.69, 9.17) is 4.74 Å². The van der Waals surface area contributed by atoms with Crippen LogP contribution in [0.4, 0.5) is 0 Å². The second-order valence-corrected chi connectivity index (χ2v) is 9.09. The molecule has 0 aliphatic carbocycles. The summed E-state index contributed by atoms with van der Waals surface area (Å²) in [4.78, 5) is 26.3. The van der Waals surface area contributed by atoms with Crippen molar-refractivity contribution in [3.63, 3.8) is 0 Å². The summed E-state index contributed by atoms with van der Waals surface area (Å²) in [6, 6.07) is 10.7. The molecule has 2 N–H and O–H groups in total. The molecule has 0 saturated heterocycles. The lowest BCUT2D eigenvalue weighted by Crippen LogP contribution is -2.41. The van der Waals surface area contributed by atoms with Crippen molar-refractivity contribution in [1.82, 2.24) is 10.2 Å². The van der Waals surface area contributed by atoms with Crippen LogP contribution >= 0.6 is 0 Å². The average Bonchev–Trinajstić information content (AvgIpc) is 2.90. The fraction of sp³-hybridized carbons (Fsp3) is 0.312. The number of amides is 1. The number of carbonyl (C=O) groups excluding carboxylic acids is 1. The van der Waals surface area contributed by atoms with Gasteiger partial charge in [0.15, 0.2) is 0 Å². The first-order chi connectivity index (χ1) is 18.4. The number of carboxylic acid groups (broad SMARTS) is 1. The third-order valence-corrected chi connectivity index (χ3v) is 5.88. The van der Waals surface area contributed by atoms with Crippen molar-refractivity contribution in [2.75, 3.05) is 13.2 Å². The third-order valence-electron chi connectivity index (χ3n) is 5.88. The minimum atomic E-state index is -1.04. The van der Waals surface area contributed by atoms with E-state index >= 15 is 0 Å². The number of ether oxygens (including phenoxy) is 1. The third kappa shape index (κ3) is 10.9. The lowest BCUT2D eigenvalue weighted by Gasteiger charge is -2.15. The molecule has 0 aliphatic rings. The minimum absolute atomic E-state index is 0.111. The predicted molar refractivity (Wildman–Crippen MR) is 156 cm³/mol. The molecule has 38 heavy (non-hydrogen) atoms. The van der Waals surface area contributed by atoms with Crippen LogP contribution in [0.1, 0.15) is 45.1 Å². The molecule has 2 aromatic rings. The molecule has 0 heterocycles. The summed E-state index contributed by atoms with van der Waals surface area (Å²) in [5, 5.41) is 14.2. The number of hydrogen-bond donors (Lipinski definition) is 2. The first-order valence-electron chi connectivity index (χ1n) is 13.0. The fourth-order valence-electron chi connectivity index (χ4n) is 3.85. The van der Waals surface area contributed by atoms with Gasteiger partial charge in [-0.25, -0.2) is 4.79 Å². The SMILES string of the molecule is C=C/C=C\N(C=C)CCCCOc1ccc2cc(CC(=O)NC(C/C(C)=C/C=C\CC)C(=O)O)ccc2c1. The topological polar surface area (TPSA) is 78.9 Å². The van der Waals surface area contributed by atoms with Gasteiger partial charge in [0.1, 0.15) is 11.8 Å². The molecule has 0 bridgehead atoms. The Morgan fingerprint density at radius 1 is 1.11 bits per heavy atom. The van der Waals surface area contributed by atoms with Gasteiger partial charge in [0, 0.05) is 12.7 Å². The van der Waals surface area contributed by atoms with Crippen LogP contribution in [0.5, 0.6) is 5.75 Å². The highest BCUT2D eigenvalue weighted by Gasteiger charge is 2.20. The number of unbranched alkanes of at least 4 members (excludes halogenated alkanes) is 1. The zero-order valence-electron chi connectivity index (χ0n) is 22.6. The number of benzene rings is 2. The number of fused-ring (bicyclic) bond motifs is 1. The van der Waals surface area contributed by atoms with Gasteiger partial charge in [-0.3, -0.25) is 4.79 Å². The van der Waals surface area contributed by atoms with Gasteiger partial charge in [0.05, 0.1) is 13.0 Å². The highest BCUT2D eigenvalue weighted by molar-refractivity contribution is 5.88. The van der Waals surface area contributed by atoms with Crippen molar-refractivity contribution in [2.45, 2.75) is 52.0 Å². The summed E-state index contributed by atoms with van der Waals surface area (Å²) in [7, 11) is 0. The van der Waals surface area contributed by atoms with Gasteiger partial charge < -0.3 is 20.1 Å². The molecule has 0 saturated carbocycles. The lowest BCUT2D eigenvalue weighted by atomic mass is 10.0. The van der Waals surface area contributed by atoms with Crippen LogP contribution in [0.3, 0.4) is 0 Å². The average molecular weight is 517 g/mol.